The van der Waals surface area contributed by atoms with Gasteiger partial charge < -0.3 is 4.98 Å². The van der Waals surface area contributed by atoms with Gasteiger partial charge >= 0.3 is 5.69 Å². The quantitative estimate of drug-likeness (QED) is 0.420. The molecule has 0 bridgehead atoms. The number of hydrogen-bond donors (Lipinski definition) is 1. The molecule has 1 rings (SSSR count). The molecule has 0 fully saturated rings. The lowest BCUT2D eigenvalue weighted by atomic mass is 10.2. The highest BCUT2D eigenvalue weighted by atomic mass is 32.2. The van der Waals surface area contributed by atoms with E-state index in [0.29, 0.717) is 10.5 Å². The zero-order chi connectivity index (χ0) is 18.1. The van der Waals surface area contributed by atoms with Crippen molar-refractivity contribution in [1.29, 1.82) is 0 Å². The Bertz CT molecular complexity index is 830. The summed E-state index contributed by atoms with van der Waals surface area (Å²) in [5.41, 5.74) is -0.307. The molecule has 0 aliphatic heterocycles. The summed E-state index contributed by atoms with van der Waals surface area (Å²) in [6, 6.07) is 0. The van der Waals surface area contributed by atoms with E-state index in [1.807, 2.05) is 0 Å². The van der Waals surface area contributed by atoms with Crippen LogP contribution in [0.2, 0.25) is 0 Å². The largest absolute Gasteiger partial charge is 0.328 e. The van der Waals surface area contributed by atoms with Gasteiger partial charge in [-0.15, -0.1) is 0 Å². The third kappa shape index (κ3) is 5.40. The SMILES string of the molecule is C=C/C=C(\C=C/C[N+](=O)[O-])Cn1c(=O)[nH]cc(C(=C)SC=C)c1=O. The molecule has 1 N–H and O–H groups in total. The summed E-state index contributed by atoms with van der Waals surface area (Å²) < 4.78 is 0.996. The van der Waals surface area contributed by atoms with E-state index < -0.39 is 16.2 Å². The van der Waals surface area contributed by atoms with E-state index in [1.165, 1.54) is 41.6 Å². The normalized spacial score (nSPS) is 11.4. The predicted molar refractivity (Wildman–Crippen MR) is 97.4 cm³/mol. The second-order valence-electron chi connectivity index (χ2n) is 4.50. The zero-order valence-electron chi connectivity index (χ0n) is 12.9. The van der Waals surface area contributed by atoms with Gasteiger partial charge in [-0.3, -0.25) is 19.5 Å². The molecule has 0 aromatic carbocycles. The van der Waals surface area contributed by atoms with Gasteiger partial charge in [0, 0.05) is 16.0 Å². The maximum atomic E-state index is 12.5. The lowest BCUT2D eigenvalue weighted by Crippen LogP contribution is -2.36. The molecular formula is C16H17N3O4S. The van der Waals surface area contributed by atoms with Gasteiger partial charge in [-0.05, 0) is 17.1 Å². The summed E-state index contributed by atoms with van der Waals surface area (Å²) in [6.45, 7) is 10.5. The van der Waals surface area contributed by atoms with Gasteiger partial charge in [-0.1, -0.05) is 49.7 Å². The first-order chi connectivity index (χ1) is 11.4. The van der Waals surface area contributed by atoms with Crippen LogP contribution in [0, 0.1) is 10.1 Å². The number of allylic oxidation sites excluding steroid dienone is 4. The topological polar surface area (TPSA) is 98.0 Å². The van der Waals surface area contributed by atoms with Crippen LogP contribution in [-0.2, 0) is 6.54 Å². The molecule has 0 atom stereocenters. The molecular weight excluding hydrogens is 330 g/mol. The molecule has 0 saturated carbocycles. The molecule has 0 radical (unpaired) electrons. The van der Waals surface area contributed by atoms with Crippen LogP contribution in [0.4, 0.5) is 0 Å². The lowest BCUT2D eigenvalue weighted by molar-refractivity contribution is -0.468. The Labute approximate surface area is 142 Å². The first-order valence-corrected chi connectivity index (χ1v) is 7.68. The Hall–Kier alpha value is -2.87. The molecule has 0 saturated heterocycles. The number of rotatable bonds is 9. The summed E-state index contributed by atoms with van der Waals surface area (Å²) >= 11 is 1.17. The molecule has 0 unspecified atom stereocenters. The summed E-state index contributed by atoms with van der Waals surface area (Å²) in [7, 11) is 0. The molecule has 0 spiro atoms. The summed E-state index contributed by atoms with van der Waals surface area (Å²) in [5.74, 6) is 0. The summed E-state index contributed by atoms with van der Waals surface area (Å²) in [5, 5.41) is 11.9. The summed E-state index contributed by atoms with van der Waals surface area (Å²) in [4.78, 5) is 37.3. The van der Waals surface area contributed by atoms with E-state index in [-0.39, 0.29) is 18.7 Å². The van der Waals surface area contributed by atoms with Crippen molar-refractivity contribution in [3.05, 3.63) is 97.7 Å². The number of H-pyrrole nitrogens is 1. The van der Waals surface area contributed by atoms with Gasteiger partial charge in [0.1, 0.15) is 0 Å². The molecule has 126 valence electrons. The van der Waals surface area contributed by atoms with Crippen LogP contribution in [-0.4, -0.2) is 21.0 Å². The molecule has 7 nitrogen and oxygen atoms in total. The molecule has 0 aliphatic rings. The lowest BCUT2D eigenvalue weighted by Gasteiger charge is -2.08. The highest BCUT2D eigenvalue weighted by Gasteiger charge is 2.10. The monoisotopic (exact) mass is 347 g/mol. The van der Waals surface area contributed by atoms with Crippen LogP contribution >= 0.6 is 11.8 Å². The highest BCUT2D eigenvalue weighted by molar-refractivity contribution is 8.10. The van der Waals surface area contributed by atoms with Crippen molar-refractivity contribution in [3.63, 3.8) is 0 Å². The van der Waals surface area contributed by atoms with Crippen molar-refractivity contribution in [2.45, 2.75) is 6.54 Å². The first kappa shape index (κ1) is 19.2. The highest BCUT2D eigenvalue weighted by Crippen LogP contribution is 2.22. The fourth-order valence-electron chi connectivity index (χ4n) is 1.80. The Morgan fingerprint density at radius 2 is 2.12 bits per heavy atom. The average molecular weight is 347 g/mol. The first-order valence-electron chi connectivity index (χ1n) is 6.80. The second kappa shape index (κ2) is 9.31. The number of nitro groups is 1. The van der Waals surface area contributed by atoms with Crippen molar-refractivity contribution < 1.29 is 4.92 Å². The van der Waals surface area contributed by atoms with Gasteiger partial charge in [-0.2, -0.15) is 0 Å². The van der Waals surface area contributed by atoms with Crippen molar-refractivity contribution in [2.75, 3.05) is 6.54 Å². The number of aromatic amines is 1. The summed E-state index contributed by atoms with van der Waals surface area (Å²) in [6.07, 6.45) is 7.17. The maximum Gasteiger partial charge on any atom is 0.328 e. The van der Waals surface area contributed by atoms with Crippen molar-refractivity contribution in [2.24, 2.45) is 0 Å². The Morgan fingerprint density at radius 3 is 2.71 bits per heavy atom. The van der Waals surface area contributed by atoms with E-state index in [9.17, 15) is 19.7 Å². The zero-order valence-corrected chi connectivity index (χ0v) is 13.8. The van der Waals surface area contributed by atoms with Crippen molar-refractivity contribution in [3.8, 4) is 0 Å². The number of aromatic nitrogens is 2. The molecule has 1 aromatic heterocycles. The van der Waals surface area contributed by atoms with Crippen LogP contribution < -0.4 is 11.2 Å². The fraction of sp³-hybridized carbons (Fsp3) is 0.125. The smallest absolute Gasteiger partial charge is 0.313 e. The van der Waals surface area contributed by atoms with Gasteiger partial charge in [-0.25, -0.2) is 4.79 Å². The number of nitrogens with zero attached hydrogens (tertiary/aromatic N) is 2. The van der Waals surface area contributed by atoms with Gasteiger partial charge in [0.2, 0.25) is 6.54 Å². The van der Waals surface area contributed by atoms with Crippen LogP contribution in [0.3, 0.4) is 0 Å². The van der Waals surface area contributed by atoms with Crippen LogP contribution in [0.5, 0.6) is 0 Å². The van der Waals surface area contributed by atoms with Gasteiger partial charge in [0.15, 0.2) is 0 Å². The molecule has 0 amide bonds. The third-order valence-electron chi connectivity index (χ3n) is 2.85. The minimum atomic E-state index is -0.585. The number of thioether (sulfide) groups is 1. The van der Waals surface area contributed by atoms with E-state index in [1.54, 1.807) is 6.08 Å². The second-order valence-corrected chi connectivity index (χ2v) is 5.56. The van der Waals surface area contributed by atoms with E-state index >= 15 is 0 Å². The third-order valence-corrected chi connectivity index (χ3v) is 3.52. The number of hydrogen-bond acceptors (Lipinski definition) is 5. The minimum absolute atomic E-state index is 0.0473. The van der Waals surface area contributed by atoms with E-state index in [0.717, 1.165) is 4.57 Å². The molecule has 24 heavy (non-hydrogen) atoms. The van der Waals surface area contributed by atoms with Gasteiger partial charge in [0.05, 0.1) is 12.1 Å². The Kier molecular flexibility index (Phi) is 7.44. The van der Waals surface area contributed by atoms with Gasteiger partial charge in [0.25, 0.3) is 5.56 Å². The predicted octanol–water partition coefficient (Wildman–Crippen LogP) is 2.33. The van der Waals surface area contributed by atoms with Crippen molar-refractivity contribution in [1.82, 2.24) is 9.55 Å². The van der Waals surface area contributed by atoms with E-state index in [2.05, 4.69) is 24.7 Å². The standard InChI is InChI=1S/C16H17N3O4S/c1-4-7-13(8-6-9-19(22)23)11-18-15(20)14(10-17-16(18)21)12(3)24-5-2/h4-8,10H,1-3,9,11H2,(H,17,21)/b8-6-,13-7+. The maximum absolute atomic E-state index is 12.5. The Morgan fingerprint density at radius 1 is 1.42 bits per heavy atom. The molecule has 0 aliphatic carbocycles. The number of nitrogens with one attached hydrogen (secondary N) is 1. The van der Waals surface area contributed by atoms with Crippen LogP contribution in [0.25, 0.3) is 4.91 Å². The minimum Gasteiger partial charge on any atom is -0.313 e. The average Bonchev–Trinajstić information content (AvgIpc) is 2.51. The van der Waals surface area contributed by atoms with Crippen LogP contribution in [0.1, 0.15) is 5.56 Å². The van der Waals surface area contributed by atoms with Crippen molar-refractivity contribution >= 4 is 16.7 Å². The fourth-order valence-corrected chi connectivity index (χ4v) is 2.28. The molecule has 1 heterocycles. The van der Waals surface area contributed by atoms with Crippen LogP contribution in [0.15, 0.2) is 70.8 Å². The Balaban J connectivity index is 3.22. The molecule has 1 aromatic rings. The molecule has 8 heteroatoms. The van der Waals surface area contributed by atoms with E-state index in [4.69, 9.17) is 0 Å².